The molecule has 6 heteroatoms. The SMILES string of the molecule is CCC=C[Si](OCC)(OCC)C(C)[Si](C=CCC)(OCC)OCC. The van der Waals surface area contributed by atoms with Crippen LogP contribution in [0.5, 0.6) is 0 Å². The lowest BCUT2D eigenvalue weighted by atomic mass is 10.5. The molecule has 0 aliphatic rings. The first-order chi connectivity index (χ1) is 11.5. The standard InChI is InChI=1S/C18H38O4Si2/c1-8-14-16-23(19-10-3,20-11-4)18(7)24(21-12-5,22-13-6)17-15-9-2/h14-18H,8-13H2,1-7H3. The van der Waals surface area contributed by atoms with Gasteiger partial charge in [-0.3, -0.25) is 0 Å². The van der Waals surface area contributed by atoms with Crippen LogP contribution in [0.2, 0.25) is 5.16 Å². The Labute approximate surface area is 151 Å². The first-order valence-corrected chi connectivity index (χ1v) is 13.4. The minimum absolute atomic E-state index is 0.0930. The Morgan fingerprint density at radius 1 is 0.625 bits per heavy atom. The molecule has 0 atom stereocenters. The van der Waals surface area contributed by atoms with Crippen molar-refractivity contribution in [3.05, 3.63) is 23.6 Å². The second kappa shape index (κ2) is 13.0. The second-order valence-corrected chi connectivity index (χ2v) is 12.5. The Morgan fingerprint density at radius 3 is 1.12 bits per heavy atom. The van der Waals surface area contributed by atoms with Crippen molar-refractivity contribution >= 4 is 17.1 Å². The van der Waals surface area contributed by atoms with Crippen LogP contribution in [-0.2, 0) is 17.7 Å². The summed E-state index contributed by atoms with van der Waals surface area (Å²) >= 11 is 0. The van der Waals surface area contributed by atoms with Crippen molar-refractivity contribution in [1.29, 1.82) is 0 Å². The fraction of sp³-hybridized carbons (Fsp3) is 0.778. The van der Waals surface area contributed by atoms with Gasteiger partial charge in [-0.05, 0) is 51.9 Å². The number of allylic oxidation sites excluding steroid dienone is 2. The average molecular weight is 375 g/mol. The normalized spacial score (nSPS) is 14.8. The smallest absolute Gasteiger partial charge is 0.369 e. The zero-order valence-corrected chi connectivity index (χ0v) is 18.8. The zero-order valence-electron chi connectivity index (χ0n) is 16.8. The highest BCUT2D eigenvalue weighted by Gasteiger charge is 2.56. The van der Waals surface area contributed by atoms with E-state index in [1.807, 2.05) is 27.7 Å². The van der Waals surface area contributed by atoms with Crippen molar-refractivity contribution in [3.8, 4) is 0 Å². The highest BCUT2D eigenvalue weighted by atomic mass is 28.4. The molecule has 0 fully saturated rings. The number of hydrogen-bond acceptors (Lipinski definition) is 4. The van der Waals surface area contributed by atoms with Crippen molar-refractivity contribution < 1.29 is 17.7 Å². The van der Waals surface area contributed by atoms with Crippen molar-refractivity contribution in [1.82, 2.24) is 0 Å². The van der Waals surface area contributed by atoms with E-state index >= 15 is 0 Å². The van der Waals surface area contributed by atoms with Crippen molar-refractivity contribution in [3.63, 3.8) is 0 Å². The molecule has 0 spiro atoms. The van der Waals surface area contributed by atoms with Crippen LogP contribution >= 0.6 is 0 Å². The van der Waals surface area contributed by atoms with Crippen LogP contribution in [0.25, 0.3) is 0 Å². The van der Waals surface area contributed by atoms with E-state index in [0.29, 0.717) is 26.4 Å². The van der Waals surface area contributed by atoms with Crippen LogP contribution in [0.3, 0.4) is 0 Å². The Balaban J connectivity index is 6.04. The highest BCUT2D eigenvalue weighted by Crippen LogP contribution is 2.37. The summed E-state index contributed by atoms with van der Waals surface area (Å²) in [6.07, 6.45) is 6.25. The predicted molar refractivity (Wildman–Crippen MR) is 106 cm³/mol. The molecule has 24 heavy (non-hydrogen) atoms. The Hall–Kier alpha value is -0.246. The molecule has 0 aromatic carbocycles. The quantitative estimate of drug-likeness (QED) is 0.403. The molecule has 0 N–H and O–H groups in total. The first-order valence-electron chi connectivity index (χ1n) is 9.43. The maximum Gasteiger partial charge on any atom is 0.369 e. The maximum absolute atomic E-state index is 6.28. The van der Waals surface area contributed by atoms with Gasteiger partial charge in [0.25, 0.3) is 0 Å². The summed E-state index contributed by atoms with van der Waals surface area (Å²) < 4.78 is 25.1. The van der Waals surface area contributed by atoms with Gasteiger partial charge in [0.2, 0.25) is 0 Å². The van der Waals surface area contributed by atoms with Gasteiger partial charge >= 0.3 is 17.1 Å². The topological polar surface area (TPSA) is 36.9 Å². The summed E-state index contributed by atoms with van der Waals surface area (Å²) in [5.74, 6) is 0. The number of rotatable bonds is 14. The van der Waals surface area contributed by atoms with Crippen LogP contribution < -0.4 is 0 Å². The molecule has 0 amide bonds. The molecule has 0 aliphatic heterocycles. The van der Waals surface area contributed by atoms with Gasteiger partial charge in [0.05, 0.1) is 5.16 Å². The summed E-state index contributed by atoms with van der Waals surface area (Å²) in [5, 5.41) is 0.0930. The van der Waals surface area contributed by atoms with E-state index in [1.54, 1.807) is 0 Å². The molecule has 0 heterocycles. The molecule has 0 saturated carbocycles. The largest absolute Gasteiger partial charge is 0.391 e. The van der Waals surface area contributed by atoms with Gasteiger partial charge in [-0.15, -0.1) is 0 Å². The second-order valence-electron chi connectivity index (χ2n) is 5.52. The molecule has 0 bridgehead atoms. The van der Waals surface area contributed by atoms with Crippen LogP contribution in [0.4, 0.5) is 0 Å². The third-order valence-corrected chi connectivity index (χ3v) is 13.0. The summed E-state index contributed by atoms with van der Waals surface area (Å²) in [6.45, 7) is 17.1. The Bertz CT molecular complexity index is 326. The fourth-order valence-electron chi connectivity index (χ4n) is 2.81. The van der Waals surface area contributed by atoms with Gasteiger partial charge in [-0.25, -0.2) is 0 Å². The van der Waals surface area contributed by atoms with E-state index in [4.69, 9.17) is 17.7 Å². The van der Waals surface area contributed by atoms with E-state index in [-0.39, 0.29) is 5.16 Å². The van der Waals surface area contributed by atoms with Gasteiger partial charge in [-0.1, -0.05) is 32.9 Å². The van der Waals surface area contributed by atoms with Gasteiger partial charge in [0.1, 0.15) is 0 Å². The van der Waals surface area contributed by atoms with E-state index < -0.39 is 17.1 Å². The molecular weight excluding hydrogens is 336 g/mol. The van der Waals surface area contributed by atoms with Crippen molar-refractivity contribution in [2.75, 3.05) is 26.4 Å². The molecule has 0 unspecified atom stereocenters. The maximum atomic E-state index is 6.28. The van der Waals surface area contributed by atoms with Crippen LogP contribution in [0.15, 0.2) is 23.6 Å². The van der Waals surface area contributed by atoms with E-state index in [2.05, 4.69) is 44.3 Å². The molecule has 0 aliphatic carbocycles. The summed E-state index contributed by atoms with van der Waals surface area (Å²) in [5.41, 5.74) is 4.37. The lowest BCUT2D eigenvalue weighted by Crippen LogP contribution is -2.59. The minimum atomic E-state index is -2.60. The average Bonchev–Trinajstić information content (AvgIpc) is 2.57. The van der Waals surface area contributed by atoms with Gasteiger partial charge in [-0.2, -0.15) is 0 Å². The first kappa shape index (κ1) is 23.8. The Morgan fingerprint density at radius 2 is 0.917 bits per heavy atom. The molecule has 0 saturated heterocycles. The van der Waals surface area contributed by atoms with Gasteiger partial charge in [0, 0.05) is 26.4 Å². The lowest BCUT2D eigenvalue weighted by Gasteiger charge is -2.41. The zero-order chi connectivity index (χ0) is 18.5. The van der Waals surface area contributed by atoms with Crippen molar-refractivity contribution in [2.24, 2.45) is 0 Å². The molecule has 0 aromatic heterocycles. The molecular formula is C18H38O4Si2. The summed E-state index contributed by atoms with van der Waals surface area (Å²) in [7, 11) is -5.20. The fourth-order valence-corrected chi connectivity index (χ4v) is 11.7. The number of hydrogen-bond donors (Lipinski definition) is 0. The predicted octanol–water partition coefficient (Wildman–Crippen LogP) is 4.96. The van der Waals surface area contributed by atoms with Crippen LogP contribution in [0, 0.1) is 0 Å². The molecule has 142 valence electrons. The third kappa shape index (κ3) is 6.57. The molecule has 0 radical (unpaired) electrons. The third-order valence-electron chi connectivity index (χ3n) is 3.86. The Kier molecular flexibility index (Phi) is 12.9. The van der Waals surface area contributed by atoms with Gasteiger partial charge in [0.15, 0.2) is 0 Å². The lowest BCUT2D eigenvalue weighted by molar-refractivity contribution is 0.163. The summed E-state index contributed by atoms with van der Waals surface area (Å²) in [6, 6.07) is 0. The molecule has 0 rings (SSSR count). The van der Waals surface area contributed by atoms with Crippen LogP contribution in [-0.4, -0.2) is 43.5 Å². The summed E-state index contributed by atoms with van der Waals surface area (Å²) in [4.78, 5) is 0. The molecule has 0 aromatic rings. The highest BCUT2D eigenvalue weighted by molar-refractivity contribution is 6.92. The van der Waals surface area contributed by atoms with E-state index in [0.717, 1.165) is 12.8 Å². The van der Waals surface area contributed by atoms with Crippen molar-refractivity contribution in [2.45, 2.75) is 66.5 Å². The van der Waals surface area contributed by atoms with E-state index in [9.17, 15) is 0 Å². The van der Waals surface area contributed by atoms with E-state index in [1.165, 1.54) is 0 Å². The monoisotopic (exact) mass is 374 g/mol. The minimum Gasteiger partial charge on any atom is -0.391 e. The van der Waals surface area contributed by atoms with Crippen LogP contribution in [0.1, 0.15) is 61.3 Å². The molecule has 4 nitrogen and oxygen atoms in total. The van der Waals surface area contributed by atoms with Gasteiger partial charge < -0.3 is 17.7 Å².